The Kier molecular flexibility index (Phi) is 3.55. The highest BCUT2D eigenvalue weighted by Crippen LogP contribution is 2.28. The molecule has 3 rings (SSSR count). The zero-order valence-corrected chi connectivity index (χ0v) is 11.6. The molecule has 0 aliphatic carbocycles. The van der Waals surface area contributed by atoms with E-state index in [1.165, 1.54) is 0 Å². The molecule has 7 nitrogen and oxygen atoms in total. The molecule has 22 heavy (non-hydrogen) atoms. The molecule has 3 aromatic rings. The molecule has 7 heteroatoms. The second-order valence-electron chi connectivity index (χ2n) is 4.65. The number of carbonyl (C=O) groups is 1. The second-order valence-corrected chi connectivity index (χ2v) is 4.65. The lowest BCUT2D eigenvalue weighted by Crippen LogP contribution is -2.11. The maximum absolute atomic E-state index is 10.6. The van der Waals surface area contributed by atoms with Gasteiger partial charge in [-0.25, -0.2) is 10.8 Å². The van der Waals surface area contributed by atoms with Crippen LogP contribution < -0.4 is 22.3 Å². The molecule has 1 amide bonds. The SMILES string of the molecule is NNc1nc(N)nc2ccc(-c3cccc(NC=O)c3)cc12. The number of carbonyl (C=O) groups excluding carboxylic acids is 1. The molecule has 0 spiro atoms. The van der Waals surface area contributed by atoms with Gasteiger partial charge in [-0.05, 0) is 35.4 Å². The Morgan fingerprint density at radius 2 is 1.86 bits per heavy atom. The van der Waals surface area contributed by atoms with E-state index in [0.717, 1.165) is 22.2 Å². The molecule has 1 heterocycles. The molecule has 0 unspecified atom stereocenters. The minimum absolute atomic E-state index is 0.158. The van der Waals surface area contributed by atoms with Crippen molar-refractivity contribution in [2.45, 2.75) is 0 Å². The van der Waals surface area contributed by atoms with Gasteiger partial charge in [-0.1, -0.05) is 18.2 Å². The molecule has 0 aliphatic rings. The summed E-state index contributed by atoms with van der Waals surface area (Å²) in [7, 11) is 0. The second kappa shape index (κ2) is 5.66. The van der Waals surface area contributed by atoms with Crippen LogP contribution in [0.25, 0.3) is 22.0 Å². The van der Waals surface area contributed by atoms with Gasteiger partial charge in [0.25, 0.3) is 0 Å². The normalized spacial score (nSPS) is 10.4. The van der Waals surface area contributed by atoms with E-state index < -0.39 is 0 Å². The third-order valence-corrected chi connectivity index (χ3v) is 3.27. The Morgan fingerprint density at radius 3 is 2.64 bits per heavy atom. The van der Waals surface area contributed by atoms with Crippen LogP contribution in [0.5, 0.6) is 0 Å². The van der Waals surface area contributed by atoms with Crippen LogP contribution in [0, 0.1) is 0 Å². The first-order valence-electron chi connectivity index (χ1n) is 6.56. The maximum Gasteiger partial charge on any atom is 0.222 e. The molecule has 0 bridgehead atoms. The van der Waals surface area contributed by atoms with E-state index in [0.29, 0.717) is 17.7 Å². The number of aromatic nitrogens is 2. The Bertz CT molecular complexity index is 849. The van der Waals surface area contributed by atoms with Crippen molar-refractivity contribution in [2.75, 3.05) is 16.5 Å². The smallest absolute Gasteiger partial charge is 0.222 e. The van der Waals surface area contributed by atoms with Crippen LogP contribution in [0.2, 0.25) is 0 Å². The lowest BCUT2D eigenvalue weighted by Gasteiger charge is -2.09. The summed E-state index contributed by atoms with van der Waals surface area (Å²) in [5.41, 5.74) is 11.5. The number of nitrogens with one attached hydrogen (secondary N) is 2. The molecule has 2 aromatic carbocycles. The van der Waals surface area contributed by atoms with E-state index in [9.17, 15) is 4.79 Å². The zero-order chi connectivity index (χ0) is 15.5. The standard InChI is InChI=1S/C15H14N6O/c16-15-19-13-5-4-10(7-12(13)14(20-15)21-17)9-2-1-3-11(6-9)18-8-22/h1-8H,17H2,(H,18,22)(H3,16,19,20,21). The van der Waals surface area contributed by atoms with Crippen LogP contribution in [-0.4, -0.2) is 16.4 Å². The van der Waals surface area contributed by atoms with E-state index in [-0.39, 0.29) is 5.95 Å². The molecular weight excluding hydrogens is 280 g/mol. The summed E-state index contributed by atoms with van der Waals surface area (Å²) in [5.74, 6) is 6.11. The number of nitrogen functional groups attached to an aromatic ring is 2. The summed E-state index contributed by atoms with van der Waals surface area (Å²) < 4.78 is 0. The number of amides is 1. The van der Waals surface area contributed by atoms with Gasteiger partial charge >= 0.3 is 0 Å². The van der Waals surface area contributed by atoms with Gasteiger partial charge < -0.3 is 16.5 Å². The van der Waals surface area contributed by atoms with Crippen LogP contribution in [0.15, 0.2) is 42.5 Å². The first-order chi connectivity index (χ1) is 10.7. The largest absolute Gasteiger partial charge is 0.368 e. The minimum Gasteiger partial charge on any atom is -0.368 e. The molecule has 0 fully saturated rings. The lowest BCUT2D eigenvalue weighted by molar-refractivity contribution is -0.105. The number of hydrogen-bond acceptors (Lipinski definition) is 6. The summed E-state index contributed by atoms with van der Waals surface area (Å²) in [6.07, 6.45) is 0.645. The number of hydrogen-bond donors (Lipinski definition) is 4. The van der Waals surface area contributed by atoms with Crippen molar-refractivity contribution >= 4 is 34.8 Å². The third-order valence-electron chi connectivity index (χ3n) is 3.27. The zero-order valence-electron chi connectivity index (χ0n) is 11.6. The third kappa shape index (κ3) is 2.52. The minimum atomic E-state index is 0.158. The van der Waals surface area contributed by atoms with Gasteiger partial charge in [0.15, 0.2) is 5.82 Å². The van der Waals surface area contributed by atoms with Gasteiger partial charge in [-0.3, -0.25) is 4.79 Å². The quantitative estimate of drug-likeness (QED) is 0.330. The fourth-order valence-corrected chi connectivity index (χ4v) is 2.29. The molecular formula is C15H14N6O. The van der Waals surface area contributed by atoms with Crippen LogP contribution in [0.3, 0.4) is 0 Å². The van der Waals surface area contributed by atoms with Crippen molar-refractivity contribution in [3.05, 3.63) is 42.5 Å². The van der Waals surface area contributed by atoms with Crippen LogP contribution >= 0.6 is 0 Å². The summed E-state index contributed by atoms with van der Waals surface area (Å²) in [4.78, 5) is 18.8. The van der Waals surface area contributed by atoms with Gasteiger partial charge in [-0.2, -0.15) is 4.98 Å². The average Bonchev–Trinajstić information content (AvgIpc) is 2.54. The van der Waals surface area contributed by atoms with Crippen molar-refractivity contribution in [1.82, 2.24) is 9.97 Å². The average molecular weight is 294 g/mol. The Labute approximate surface area is 126 Å². The number of benzene rings is 2. The lowest BCUT2D eigenvalue weighted by atomic mass is 10.0. The Hall–Kier alpha value is -3.19. The van der Waals surface area contributed by atoms with Gasteiger partial charge in [0.1, 0.15) is 0 Å². The van der Waals surface area contributed by atoms with Crippen molar-refractivity contribution in [2.24, 2.45) is 5.84 Å². The van der Waals surface area contributed by atoms with E-state index in [2.05, 4.69) is 20.7 Å². The van der Waals surface area contributed by atoms with Crippen molar-refractivity contribution in [3.63, 3.8) is 0 Å². The predicted octanol–water partition coefficient (Wildman–Crippen LogP) is 1.73. The molecule has 0 radical (unpaired) electrons. The molecule has 6 N–H and O–H groups in total. The number of anilines is 3. The number of hydrazine groups is 1. The Morgan fingerprint density at radius 1 is 1.05 bits per heavy atom. The van der Waals surface area contributed by atoms with E-state index in [1.54, 1.807) is 0 Å². The summed E-state index contributed by atoms with van der Waals surface area (Å²) in [5, 5.41) is 3.40. The number of fused-ring (bicyclic) bond motifs is 1. The first kappa shape index (κ1) is 13.8. The van der Waals surface area contributed by atoms with E-state index in [1.807, 2.05) is 42.5 Å². The fraction of sp³-hybridized carbons (Fsp3) is 0. The molecule has 0 saturated carbocycles. The molecule has 0 atom stereocenters. The number of rotatable bonds is 4. The monoisotopic (exact) mass is 294 g/mol. The summed E-state index contributed by atoms with van der Waals surface area (Å²) in [6, 6.07) is 13.2. The van der Waals surface area contributed by atoms with E-state index in [4.69, 9.17) is 11.6 Å². The highest BCUT2D eigenvalue weighted by molar-refractivity contribution is 5.93. The predicted molar refractivity (Wildman–Crippen MR) is 86.9 cm³/mol. The summed E-state index contributed by atoms with van der Waals surface area (Å²) >= 11 is 0. The van der Waals surface area contributed by atoms with Crippen molar-refractivity contribution in [1.29, 1.82) is 0 Å². The van der Waals surface area contributed by atoms with Gasteiger partial charge in [0.05, 0.1) is 5.52 Å². The van der Waals surface area contributed by atoms with Gasteiger partial charge in [0.2, 0.25) is 12.4 Å². The highest BCUT2D eigenvalue weighted by atomic mass is 16.1. The van der Waals surface area contributed by atoms with Crippen molar-refractivity contribution < 1.29 is 4.79 Å². The Balaban J connectivity index is 2.14. The van der Waals surface area contributed by atoms with Gasteiger partial charge in [-0.15, -0.1) is 0 Å². The van der Waals surface area contributed by atoms with Crippen molar-refractivity contribution in [3.8, 4) is 11.1 Å². The molecule has 1 aromatic heterocycles. The van der Waals surface area contributed by atoms with Crippen LogP contribution in [0.1, 0.15) is 0 Å². The molecule has 0 saturated heterocycles. The fourth-order valence-electron chi connectivity index (χ4n) is 2.29. The topological polar surface area (TPSA) is 119 Å². The van der Waals surface area contributed by atoms with Gasteiger partial charge in [0, 0.05) is 11.1 Å². The van der Waals surface area contributed by atoms with Crippen LogP contribution in [0.4, 0.5) is 17.5 Å². The first-order valence-corrected chi connectivity index (χ1v) is 6.56. The maximum atomic E-state index is 10.6. The highest BCUT2D eigenvalue weighted by Gasteiger charge is 2.07. The number of nitrogens with zero attached hydrogens (tertiary/aromatic N) is 2. The van der Waals surface area contributed by atoms with Crippen LogP contribution in [-0.2, 0) is 4.79 Å². The summed E-state index contributed by atoms with van der Waals surface area (Å²) in [6.45, 7) is 0. The molecule has 0 aliphatic heterocycles. The number of nitrogens with two attached hydrogens (primary N) is 2. The molecule has 110 valence electrons. The van der Waals surface area contributed by atoms with E-state index >= 15 is 0 Å².